The maximum Gasteiger partial charge on any atom is 0.0948 e. The van der Waals surface area contributed by atoms with Crippen LogP contribution in [0.25, 0.3) is 0 Å². The second-order valence-electron chi connectivity index (χ2n) is 4.24. The maximum atomic E-state index is 5.80. The van der Waals surface area contributed by atoms with Crippen LogP contribution in [0.4, 0.5) is 0 Å². The van der Waals surface area contributed by atoms with Crippen molar-refractivity contribution in [2.24, 2.45) is 17.4 Å². The SMILES string of the molecule is CC(C)C(CN)c1cncn1CCCN. The van der Waals surface area contributed by atoms with Crippen molar-refractivity contribution in [1.82, 2.24) is 9.55 Å². The average Bonchev–Trinajstić information content (AvgIpc) is 2.64. The predicted molar refractivity (Wildman–Crippen MR) is 62.5 cm³/mol. The topological polar surface area (TPSA) is 69.9 Å². The lowest BCUT2D eigenvalue weighted by molar-refractivity contribution is 0.469. The number of nitrogens with zero attached hydrogens (tertiary/aromatic N) is 2. The molecule has 4 heteroatoms. The van der Waals surface area contributed by atoms with Crippen molar-refractivity contribution in [1.29, 1.82) is 0 Å². The zero-order valence-corrected chi connectivity index (χ0v) is 9.69. The number of aromatic nitrogens is 2. The van der Waals surface area contributed by atoms with Crippen molar-refractivity contribution in [2.75, 3.05) is 13.1 Å². The molecule has 1 heterocycles. The summed E-state index contributed by atoms with van der Waals surface area (Å²) in [6.07, 6.45) is 4.78. The van der Waals surface area contributed by atoms with Crippen LogP contribution >= 0.6 is 0 Å². The molecule has 1 aromatic heterocycles. The molecule has 1 unspecified atom stereocenters. The van der Waals surface area contributed by atoms with Crippen LogP contribution in [0, 0.1) is 5.92 Å². The highest BCUT2D eigenvalue weighted by atomic mass is 15.0. The maximum absolute atomic E-state index is 5.80. The van der Waals surface area contributed by atoms with E-state index in [2.05, 4.69) is 23.4 Å². The van der Waals surface area contributed by atoms with Crippen LogP contribution in [-0.4, -0.2) is 22.6 Å². The molecule has 0 radical (unpaired) electrons. The minimum Gasteiger partial charge on any atom is -0.334 e. The first-order chi connectivity index (χ1) is 7.20. The fourth-order valence-corrected chi connectivity index (χ4v) is 1.82. The summed E-state index contributed by atoms with van der Waals surface area (Å²) in [4.78, 5) is 4.19. The van der Waals surface area contributed by atoms with E-state index in [0.717, 1.165) is 13.0 Å². The zero-order valence-electron chi connectivity index (χ0n) is 9.69. The molecule has 1 rings (SSSR count). The summed E-state index contributed by atoms with van der Waals surface area (Å²) < 4.78 is 2.17. The molecule has 0 aliphatic rings. The Morgan fingerprint density at radius 1 is 1.40 bits per heavy atom. The van der Waals surface area contributed by atoms with Gasteiger partial charge in [-0.15, -0.1) is 0 Å². The molecule has 0 spiro atoms. The van der Waals surface area contributed by atoms with Gasteiger partial charge in [0.1, 0.15) is 0 Å². The molecule has 4 nitrogen and oxygen atoms in total. The van der Waals surface area contributed by atoms with Gasteiger partial charge in [-0.05, 0) is 18.9 Å². The first kappa shape index (κ1) is 12.2. The molecule has 0 saturated carbocycles. The average molecular weight is 210 g/mol. The Balaban J connectivity index is 2.77. The number of nitrogens with two attached hydrogens (primary N) is 2. The van der Waals surface area contributed by atoms with Crippen molar-refractivity contribution in [2.45, 2.75) is 32.7 Å². The largest absolute Gasteiger partial charge is 0.334 e. The molecular formula is C11H22N4. The van der Waals surface area contributed by atoms with Gasteiger partial charge in [0.25, 0.3) is 0 Å². The third kappa shape index (κ3) is 3.04. The van der Waals surface area contributed by atoms with Crippen molar-refractivity contribution >= 4 is 0 Å². The third-order valence-electron chi connectivity index (χ3n) is 2.79. The van der Waals surface area contributed by atoms with E-state index in [-0.39, 0.29) is 0 Å². The van der Waals surface area contributed by atoms with E-state index in [9.17, 15) is 0 Å². The highest BCUT2D eigenvalue weighted by molar-refractivity contribution is 5.08. The summed E-state index contributed by atoms with van der Waals surface area (Å²) in [6, 6.07) is 0. The summed E-state index contributed by atoms with van der Waals surface area (Å²) in [5.74, 6) is 0.939. The molecule has 0 aromatic carbocycles. The second-order valence-corrected chi connectivity index (χ2v) is 4.24. The van der Waals surface area contributed by atoms with Crippen LogP contribution in [0.5, 0.6) is 0 Å². The van der Waals surface area contributed by atoms with E-state index in [4.69, 9.17) is 11.5 Å². The first-order valence-corrected chi connectivity index (χ1v) is 5.60. The summed E-state index contributed by atoms with van der Waals surface area (Å²) >= 11 is 0. The number of hydrogen-bond donors (Lipinski definition) is 2. The van der Waals surface area contributed by atoms with Crippen LogP contribution in [0.3, 0.4) is 0 Å². The molecule has 0 aliphatic carbocycles. The standard InChI is InChI=1S/C11H22N4/c1-9(2)10(6-13)11-7-14-8-15(11)5-3-4-12/h7-10H,3-6,12-13H2,1-2H3. The Morgan fingerprint density at radius 3 is 2.67 bits per heavy atom. The first-order valence-electron chi connectivity index (χ1n) is 5.60. The van der Waals surface area contributed by atoms with Gasteiger partial charge in [-0.2, -0.15) is 0 Å². The van der Waals surface area contributed by atoms with E-state index < -0.39 is 0 Å². The van der Waals surface area contributed by atoms with Gasteiger partial charge >= 0.3 is 0 Å². The van der Waals surface area contributed by atoms with Crippen molar-refractivity contribution in [3.05, 3.63) is 18.2 Å². The zero-order chi connectivity index (χ0) is 11.3. The van der Waals surface area contributed by atoms with Gasteiger partial charge < -0.3 is 16.0 Å². The molecular weight excluding hydrogens is 188 g/mol. The van der Waals surface area contributed by atoms with Gasteiger partial charge in [0, 0.05) is 30.9 Å². The monoisotopic (exact) mass is 210 g/mol. The normalized spacial score (nSPS) is 13.4. The van der Waals surface area contributed by atoms with Gasteiger partial charge in [0.2, 0.25) is 0 Å². The smallest absolute Gasteiger partial charge is 0.0948 e. The number of hydrogen-bond acceptors (Lipinski definition) is 3. The third-order valence-corrected chi connectivity index (χ3v) is 2.79. The molecule has 0 bridgehead atoms. The summed E-state index contributed by atoms with van der Waals surface area (Å²) in [6.45, 7) is 6.71. The van der Waals surface area contributed by atoms with Gasteiger partial charge in [0.15, 0.2) is 0 Å². The molecule has 0 aliphatic heterocycles. The lowest BCUT2D eigenvalue weighted by atomic mass is 9.93. The molecule has 0 saturated heterocycles. The van der Waals surface area contributed by atoms with Crippen molar-refractivity contribution in [3.63, 3.8) is 0 Å². The number of rotatable bonds is 6. The fourth-order valence-electron chi connectivity index (χ4n) is 1.82. The van der Waals surface area contributed by atoms with E-state index in [1.807, 2.05) is 12.5 Å². The second kappa shape index (κ2) is 5.88. The van der Waals surface area contributed by atoms with Gasteiger partial charge in [0.05, 0.1) is 6.33 Å². The number of imidazole rings is 1. The van der Waals surface area contributed by atoms with E-state index in [0.29, 0.717) is 24.9 Å². The van der Waals surface area contributed by atoms with Gasteiger partial charge in [-0.25, -0.2) is 4.98 Å². The van der Waals surface area contributed by atoms with Crippen LogP contribution in [0.1, 0.15) is 31.9 Å². The van der Waals surface area contributed by atoms with Crippen molar-refractivity contribution < 1.29 is 0 Å². The van der Waals surface area contributed by atoms with Crippen LogP contribution in [-0.2, 0) is 6.54 Å². The minimum absolute atomic E-state index is 0.394. The molecule has 0 amide bonds. The van der Waals surface area contributed by atoms with Crippen LogP contribution < -0.4 is 11.5 Å². The summed E-state index contributed by atoms with van der Waals surface area (Å²) in [5, 5.41) is 0. The van der Waals surface area contributed by atoms with Crippen LogP contribution in [0.15, 0.2) is 12.5 Å². The fraction of sp³-hybridized carbons (Fsp3) is 0.727. The van der Waals surface area contributed by atoms with Crippen molar-refractivity contribution in [3.8, 4) is 0 Å². The molecule has 4 N–H and O–H groups in total. The van der Waals surface area contributed by atoms with Gasteiger partial charge in [-0.1, -0.05) is 13.8 Å². The number of aryl methyl sites for hydroxylation is 1. The van der Waals surface area contributed by atoms with E-state index in [1.165, 1.54) is 5.69 Å². The molecule has 1 aromatic rings. The highest BCUT2D eigenvalue weighted by Gasteiger charge is 2.17. The quantitative estimate of drug-likeness (QED) is 0.734. The molecule has 15 heavy (non-hydrogen) atoms. The Hall–Kier alpha value is -0.870. The molecule has 86 valence electrons. The minimum atomic E-state index is 0.394. The predicted octanol–water partition coefficient (Wildman–Crippen LogP) is 0.930. The van der Waals surface area contributed by atoms with Gasteiger partial charge in [-0.3, -0.25) is 0 Å². The van der Waals surface area contributed by atoms with E-state index >= 15 is 0 Å². The summed E-state index contributed by atoms with van der Waals surface area (Å²) in [5.41, 5.74) is 12.5. The highest BCUT2D eigenvalue weighted by Crippen LogP contribution is 2.22. The lowest BCUT2D eigenvalue weighted by Gasteiger charge is -2.20. The van der Waals surface area contributed by atoms with Crippen LogP contribution in [0.2, 0.25) is 0 Å². The summed E-state index contributed by atoms with van der Waals surface area (Å²) in [7, 11) is 0. The Labute approximate surface area is 91.7 Å². The lowest BCUT2D eigenvalue weighted by Crippen LogP contribution is -2.21. The molecule has 1 atom stereocenters. The Morgan fingerprint density at radius 2 is 2.13 bits per heavy atom. The van der Waals surface area contributed by atoms with E-state index in [1.54, 1.807) is 0 Å². The Kier molecular flexibility index (Phi) is 4.78. The Bertz CT molecular complexity index is 280. The molecule has 0 fully saturated rings.